The Hall–Kier alpha value is -1.61. The molecule has 0 aliphatic heterocycles. The van der Waals surface area contributed by atoms with Crippen molar-refractivity contribution in [2.75, 3.05) is 7.05 Å². The van der Waals surface area contributed by atoms with Crippen LogP contribution in [0.15, 0.2) is 36.5 Å². The van der Waals surface area contributed by atoms with E-state index in [4.69, 9.17) is 0 Å². The van der Waals surface area contributed by atoms with Gasteiger partial charge in [0.15, 0.2) is 0 Å². The van der Waals surface area contributed by atoms with Crippen LogP contribution < -0.4 is 5.32 Å². The average molecular weight is 215 g/mol. The second kappa shape index (κ2) is 4.49. The minimum Gasteiger partial charge on any atom is -0.313 e. The van der Waals surface area contributed by atoms with Crippen molar-refractivity contribution in [2.45, 2.75) is 13.0 Å². The first kappa shape index (κ1) is 10.9. The van der Waals surface area contributed by atoms with Crippen LogP contribution in [0.3, 0.4) is 0 Å². The maximum atomic E-state index is 4.38. The van der Waals surface area contributed by atoms with Crippen molar-refractivity contribution in [1.82, 2.24) is 15.1 Å². The van der Waals surface area contributed by atoms with E-state index < -0.39 is 0 Å². The quantitative estimate of drug-likeness (QED) is 0.851. The molecule has 1 aromatic carbocycles. The molecule has 3 heteroatoms. The van der Waals surface area contributed by atoms with Crippen molar-refractivity contribution >= 4 is 0 Å². The van der Waals surface area contributed by atoms with Crippen LogP contribution in [0, 0.1) is 0 Å². The van der Waals surface area contributed by atoms with Gasteiger partial charge in [0.2, 0.25) is 0 Å². The summed E-state index contributed by atoms with van der Waals surface area (Å²) in [6, 6.07) is 10.9. The second-order valence-corrected chi connectivity index (χ2v) is 4.01. The van der Waals surface area contributed by atoms with Gasteiger partial charge in [-0.1, -0.05) is 24.3 Å². The van der Waals surface area contributed by atoms with E-state index in [0.29, 0.717) is 6.04 Å². The minimum atomic E-state index is 0.387. The van der Waals surface area contributed by atoms with Gasteiger partial charge < -0.3 is 5.32 Å². The van der Waals surface area contributed by atoms with Crippen molar-refractivity contribution in [1.29, 1.82) is 0 Å². The van der Waals surface area contributed by atoms with Gasteiger partial charge >= 0.3 is 0 Å². The first-order chi connectivity index (χ1) is 7.70. The van der Waals surface area contributed by atoms with E-state index >= 15 is 0 Å². The highest BCUT2D eigenvalue weighted by atomic mass is 15.2. The molecule has 0 fully saturated rings. The number of benzene rings is 1. The molecule has 3 nitrogen and oxygen atoms in total. The Morgan fingerprint density at radius 1 is 1.19 bits per heavy atom. The maximum absolute atomic E-state index is 4.38. The SMILES string of the molecule is CNC(C)c1ccc(-c2ccn(C)n2)cc1. The predicted molar refractivity (Wildman–Crippen MR) is 66.1 cm³/mol. The summed E-state index contributed by atoms with van der Waals surface area (Å²) >= 11 is 0. The molecule has 0 saturated carbocycles. The van der Waals surface area contributed by atoms with E-state index in [0.717, 1.165) is 11.3 Å². The third kappa shape index (κ3) is 2.14. The zero-order chi connectivity index (χ0) is 11.5. The monoisotopic (exact) mass is 215 g/mol. The zero-order valence-electron chi connectivity index (χ0n) is 9.94. The summed E-state index contributed by atoms with van der Waals surface area (Å²) < 4.78 is 1.82. The molecule has 1 N–H and O–H groups in total. The van der Waals surface area contributed by atoms with Crippen LogP contribution in [0.25, 0.3) is 11.3 Å². The Morgan fingerprint density at radius 3 is 2.38 bits per heavy atom. The predicted octanol–water partition coefficient (Wildman–Crippen LogP) is 2.37. The van der Waals surface area contributed by atoms with Crippen LogP contribution in [0.1, 0.15) is 18.5 Å². The summed E-state index contributed by atoms with van der Waals surface area (Å²) in [7, 11) is 3.90. The van der Waals surface area contributed by atoms with Crippen LogP contribution in [0.5, 0.6) is 0 Å². The Kier molecular flexibility index (Phi) is 3.06. The molecule has 84 valence electrons. The molecule has 0 aliphatic rings. The number of hydrogen-bond acceptors (Lipinski definition) is 2. The fourth-order valence-corrected chi connectivity index (χ4v) is 1.68. The van der Waals surface area contributed by atoms with E-state index in [1.54, 1.807) is 0 Å². The van der Waals surface area contributed by atoms with E-state index in [-0.39, 0.29) is 0 Å². The summed E-state index contributed by atoms with van der Waals surface area (Å²) in [5.41, 5.74) is 3.47. The van der Waals surface area contributed by atoms with Crippen LogP contribution in [-0.2, 0) is 7.05 Å². The first-order valence-electron chi connectivity index (χ1n) is 5.48. The highest BCUT2D eigenvalue weighted by molar-refractivity contribution is 5.58. The Balaban J connectivity index is 2.25. The molecule has 0 amide bonds. The highest BCUT2D eigenvalue weighted by Crippen LogP contribution is 2.19. The number of rotatable bonds is 3. The van der Waals surface area contributed by atoms with E-state index in [1.165, 1.54) is 5.56 Å². The number of aryl methyl sites for hydroxylation is 1. The van der Waals surface area contributed by atoms with Gasteiger partial charge in [0.1, 0.15) is 0 Å². The Labute approximate surface area is 96.1 Å². The molecule has 0 saturated heterocycles. The van der Waals surface area contributed by atoms with Gasteiger partial charge in [-0.05, 0) is 25.6 Å². The molecular formula is C13H17N3. The standard InChI is InChI=1S/C13H17N3/c1-10(14-2)11-4-6-12(7-5-11)13-8-9-16(3)15-13/h4-10,14H,1-3H3. The largest absolute Gasteiger partial charge is 0.313 e. The molecule has 1 aromatic heterocycles. The fourth-order valence-electron chi connectivity index (χ4n) is 1.68. The molecule has 1 heterocycles. The lowest BCUT2D eigenvalue weighted by Gasteiger charge is -2.10. The third-order valence-corrected chi connectivity index (χ3v) is 2.85. The molecule has 0 aliphatic carbocycles. The van der Waals surface area contributed by atoms with E-state index in [2.05, 4.69) is 41.6 Å². The summed E-state index contributed by atoms with van der Waals surface area (Å²) in [4.78, 5) is 0. The van der Waals surface area contributed by atoms with Crippen LogP contribution in [0.2, 0.25) is 0 Å². The highest BCUT2D eigenvalue weighted by Gasteiger charge is 2.04. The lowest BCUT2D eigenvalue weighted by Crippen LogP contribution is -2.11. The van der Waals surface area contributed by atoms with Gasteiger partial charge in [0.05, 0.1) is 5.69 Å². The topological polar surface area (TPSA) is 29.9 Å². The van der Waals surface area contributed by atoms with Gasteiger partial charge in [0.25, 0.3) is 0 Å². The van der Waals surface area contributed by atoms with Crippen molar-refractivity contribution in [2.24, 2.45) is 7.05 Å². The summed E-state index contributed by atoms with van der Waals surface area (Å²) in [5, 5.41) is 7.60. The number of aromatic nitrogens is 2. The summed E-state index contributed by atoms with van der Waals surface area (Å²) in [6.45, 7) is 2.15. The van der Waals surface area contributed by atoms with Crippen LogP contribution >= 0.6 is 0 Å². The van der Waals surface area contributed by atoms with Crippen molar-refractivity contribution in [3.8, 4) is 11.3 Å². The first-order valence-corrected chi connectivity index (χ1v) is 5.48. The van der Waals surface area contributed by atoms with Crippen molar-refractivity contribution < 1.29 is 0 Å². The van der Waals surface area contributed by atoms with Gasteiger partial charge in [-0.15, -0.1) is 0 Å². The Morgan fingerprint density at radius 2 is 1.88 bits per heavy atom. The van der Waals surface area contributed by atoms with Crippen molar-refractivity contribution in [3.63, 3.8) is 0 Å². The smallest absolute Gasteiger partial charge is 0.0923 e. The van der Waals surface area contributed by atoms with Gasteiger partial charge in [-0.2, -0.15) is 5.10 Å². The fraction of sp³-hybridized carbons (Fsp3) is 0.308. The molecule has 0 spiro atoms. The van der Waals surface area contributed by atoms with Gasteiger partial charge in [0, 0.05) is 24.8 Å². The average Bonchev–Trinajstić information content (AvgIpc) is 2.75. The zero-order valence-corrected chi connectivity index (χ0v) is 9.94. The number of hydrogen-bond donors (Lipinski definition) is 1. The van der Waals surface area contributed by atoms with E-state index in [9.17, 15) is 0 Å². The molecule has 0 radical (unpaired) electrons. The molecular weight excluding hydrogens is 198 g/mol. The van der Waals surface area contributed by atoms with E-state index in [1.807, 2.05) is 31.0 Å². The van der Waals surface area contributed by atoms with Gasteiger partial charge in [-0.25, -0.2) is 0 Å². The molecule has 1 atom stereocenters. The molecule has 0 bridgehead atoms. The number of nitrogens with zero attached hydrogens (tertiary/aromatic N) is 2. The Bertz CT molecular complexity index is 456. The van der Waals surface area contributed by atoms with Crippen LogP contribution in [0.4, 0.5) is 0 Å². The normalized spacial score (nSPS) is 12.7. The van der Waals surface area contributed by atoms with Crippen molar-refractivity contribution in [3.05, 3.63) is 42.1 Å². The summed E-state index contributed by atoms with van der Waals surface area (Å²) in [6.07, 6.45) is 1.96. The van der Waals surface area contributed by atoms with Crippen LogP contribution in [-0.4, -0.2) is 16.8 Å². The lowest BCUT2D eigenvalue weighted by atomic mass is 10.1. The molecule has 1 unspecified atom stereocenters. The number of nitrogens with one attached hydrogen (secondary N) is 1. The molecule has 16 heavy (non-hydrogen) atoms. The van der Waals surface area contributed by atoms with Gasteiger partial charge in [-0.3, -0.25) is 4.68 Å². The lowest BCUT2D eigenvalue weighted by molar-refractivity contribution is 0.652. The molecule has 2 aromatic rings. The maximum Gasteiger partial charge on any atom is 0.0923 e. The molecule has 2 rings (SSSR count). The summed E-state index contributed by atoms with van der Waals surface area (Å²) in [5.74, 6) is 0. The second-order valence-electron chi connectivity index (χ2n) is 4.01. The minimum absolute atomic E-state index is 0.387. The third-order valence-electron chi connectivity index (χ3n) is 2.85.